The van der Waals surface area contributed by atoms with Crippen molar-refractivity contribution in [1.29, 1.82) is 0 Å². The van der Waals surface area contributed by atoms with Crippen molar-refractivity contribution in [2.75, 3.05) is 0 Å². The number of hydrogen-bond acceptors (Lipinski definition) is 3. The van der Waals surface area contributed by atoms with Gasteiger partial charge in [0.05, 0.1) is 16.8 Å². The lowest BCUT2D eigenvalue weighted by Gasteiger charge is -2.14. The fraction of sp³-hybridized carbons (Fsp3) is 0.438. The normalized spacial score (nSPS) is 13.4. The Balaban J connectivity index is 2.01. The van der Waals surface area contributed by atoms with Gasteiger partial charge < -0.3 is 5.11 Å². The molecule has 0 fully saturated rings. The van der Waals surface area contributed by atoms with Crippen molar-refractivity contribution in [3.8, 4) is 0 Å². The maximum absolute atomic E-state index is 10.2. The van der Waals surface area contributed by atoms with Crippen molar-refractivity contribution in [1.82, 2.24) is 4.98 Å². The summed E-state index contributed by atoms with van der Waals surface area (Å²) in [6.07, 6.45) is 0.544. The lowest BCUT2D eigenvalue weighted by Crippen LogP contribution is -2.15. The van der Waals surface area contributed by atoms with E-state index in [2.05, 4.69) is 31.1 Å². The Morgan fingerprint density at radius 3 is 2.52 bits per heavy atom. The van der Waals surface area contributed by atoms with Crippen LogP contribution in [0.5, 0.6) is 0 Å². The minimum absolute atomic E-state index is 0.0409. The largest absolute Gasteiger partial charge is 0.392 e. The second-order valence-electron chi connectivity index (χ2n) is 6.17. The van der Waals surface area contributed by atoms with Gasteiger partial charge in [-0.2, -0.15) is 0 Å². The van der Waals surface area contributed by atoms with Crippen LogP contribution in [0.25, 0.3) is 0 Å². The molecule has 114 valence electrons. The molecule has 0 radical (unpaired) electrons. The minimum Gasteiger partial charge on any atom is -0.392 e. The van der Waals surface area contributed by atoms with Gasteiger partial charge in [0, 0.05) is 33.7 Å². The van der Waals surface area contributed by atoms with Crippen molar-refractivity contribution in [3.05, 3.63) is 49.9 Å². The monoisotopic (exact) mass is 343 g/mol. The highest BCUT2D eigenvalue weighted by molar-refractivity contribution is 7.09. The van der Waals surface area contributed by atoms with Crippen molar-refractivity contribution >= 4 is 34.5 Å². The molecule has 2 rings (SSSR count). The molecule has 21 heavy (non-hydrogen) atoms. The van der Waals surface area contributed by atoms with Crippen LogP contribution in [0.2, 0.25) is 10.0 Å². The van der Waals surface area contributed by atoms with Gasteiger partial charge in [0.2, 0.25) is 0 Å². The predicted octanol–water partition coefficient (Wildman–Crippen LogP) is 4.89. The summed E-state index contributed by atoms with van der Waals surface area (Å²) in [6, 6.07) is 5.35. The summed E-state index contributed by atoms with van der Waals surface area (Å²) in [4.78, 5) is 4.60. The number of rotatable bonds is 4. The summed E-state index contributed by atoms with van der Waals surface area (Å²) < 4.78 is 0. The minimum atomic E-state index is -0.498. The number of aliphatic hydroxyl groups excluding tert-OH is 1. The third-order valence-corrected chi connectivity index (χ3v) is 4.66. The zero-order chi connectivity index (χ0) is 15.6. The third kappa shape index (κ3) is 4.68. The molecule has 0 amide bonds. The van der Waals surface area contributed by atoms with Crippen LogP contribution in [-0.2, 0) is 18.3 Å². The van der Waals surface area contributed by atoms with E-state index in [1.165, 1.54) is 0 Å². The Labute approximate surface area is 139 Å². The number of halogens is 2. The van der Waals surface area contributed by atoms with Crippen LogP contribution in [0.15, 0.2) is 23.6 Å². The number of hydrogen-bond donors (Lipinski definition) is 1. The lowest BCUT2D eigenvalue weighted by atomic mass is 9.93. The first-order valence-corrected chi connectivity index (χ1v) is 8.46. The Bertz CT molecular complexity index is 619. The Hall–Kier alpha value is -0.610. The van der Waals surface area contributed by atoms with Crippen LogP contribution >= 0.6 is 34.5 Å². The Morgan fingerprint density at radius 2 is 1.95 bits per heavy atom. The molecule has 1 aromatic heterocycles. The molecule has 0 saturated heterocycles. The van der Waals surface area contributed by atoms with Crippen LogP contribution in [0.4, 0.5) is 0 Å². The van der Waals surface area contributed by atoms with E-state index >= 15 is 0 Å². The average Bonchev–Trinajstić information content (AvgIpc) is 2.81. The summed E-state index contributed by atoms with van der Waals surface area (Å²) in [7, 11) is 0. The molecular formula is C16H19Cl2NOS. The van der Waals surface area contributed by atoms with E-state index in [-0.39, 0.29) is 5.41 Å². The number of aromatic nitrogens is 1. The molecule has 0 spiro atoms. The smallest absolute Gasteiger partial charge is 0.0954 e. The van der Waals surface area contributed by atoms with Gasteiger partial charge in [-0.25, -0.2) is 4.98 Å². The maximum Gasteiger partial charge on any atom is 0.0954 e. The summed E-state index contributed by atoms with van der Waals surface area (Å²) in [5.74, 6) is 0. The molecule has 2 nitrogen and oxygen atoms in total. The van der Waals surface area contributed by atoms with Crippen LogP contribution in [-0.4, -0.2) is 16.2 Å². The van der Waals surface area contributed by atoms with Gasteiger partial charge in [-0.1, -0.05) is 50.0 Å². The van der Waals surface area contributed by atoms with Gasteiger partial charge in [-0.3, -0.25) is 0 Å². The molecule has 1 N–H and O–H groups in total. The number of thiazole rings is 1. The maximum atomic E-state index is 10.2. The first-order valence-electron chi connectivity index (χ1n) is 6.82. The fourth-order valence-corrected chi connectivity index (χ4v) is 3.54. The third-order valence-electron chi connectivity index (χ3n) is 3.20. The van der Waals surface area contributed by atoms with Gasteiger partial charge in [0.15, 0.2) is 0 Å². The van der Waals surface area contributed by atoms with Gasteiger partial charge in [-0.05, 0) is 17.7 Å². The first-order chi connectivity index (χ1) is 9.75. The van der Waals surface area contributed by atoms with Crippen molar-refractivity contribution in [2.45, 2.75) is 45.1 Å². The van der Waals surface area contributed by atoms with Crippen LogP contribution in [0.3, 0.4) is 0 Å². The van der Waals surface area contributed by atoms with Crippen molar-refractivity contribution < 1.29 is 5.11 Å². The molecule has 1 unspecified atom stereocenters. The van der Waals surface area contributed by atoms with E-state index in [4.69, 9.17) is 23.2 Å². The molecule has 1 aromatic carbocycles. The second-order valence-corrected chi connectivity index (χ2v) is 7.96. The van der Waals surface area contributed by atoms with Crippen LogP contribution in [0.1, 0.15) is 37.0 Å². The van der Waals surface area contributed by atoms with Crippen molar-refractivity contribution in [3.63, 3.8) is 0 Å². The lowest BCUT2D eigenvalue weighted by molar-refractivity contribution is 0.175. The van der Waals surface area contributed by atoms with Crippen LogP contribution in [0, 0.1) is 0 Å². The topological polar surface area (TPSA) is 33.1 Å². The molecule has 0 aliphatic carbocycles. The number of nitrogens with zero attached hydrogens (tertiary/aromatic N) is 1. The summed E-state index contributed by atoms with van der Waals surface area (Å²) in [5.41, 5.74) is 2.01. The van der Waals surface area contributed by atoms with E-state index < -0.39 is 6.10 Å². The van der Waals surface area contributed by atoms with E-state index in [0.717, 1.165) is 16.3 Å². The van der Waals surface area contributed by atoms with E-state index in [0.29, 0.717) is 22.9 Å². The molecular weight excluding hydrogens is 325 g/mol. The first kappa shape index (κ1) is 16.8. The quantitative estimate of drug-likeness (QED) is 0.856. The van der Waals surface area contributed by atoms with Gasteiger partial charge >= 0.3 is 0 Å². The number of benzene rings is 1. The molecule has 2 aromatic rings. The standard InChI is InChI=1S/C16H19Cl2NOS/c1-16(2,3)14-9-21-15(19-14)8-12(20)6-10-4-5-11(17)7-13(10)18/h4-5,7,9,12,20H,6,8H2,1-3H3. The predicted molar refractivity (Wildman–Crippen MR) is 90.7 cm³/mol. The Kier molecular flexibility index (Phi) is 5.31. The SMILES string of the molecule is CC(C)(C)c1csc(CC(O)Cc2ccc(Cl)cc2Cl)n1. The highest BCUT2D eigenvalue weighted by Gasteiger charge is 2.19. The Morgan fingerprint density at radius 1 is 1.24 bits per heavy atom. The van der Waals surface area contributed by atoms with E-state index in [1.54, 1.807) is 23.5 Å². The zero-order valence-electron chi connectivity index (χ0n) is 12.4. The van der Waals surface area contributed by atoms with E-state index in [9.17, 15) is 5.11 Å². The zero-order valence-corrected chi connectivity index (χ0v) is 14.7. The van der Waals surface area contributed by atoms with Gasteiger partial charge in [0.25, 0.3) is 0 Å². The highest BCUT2D eigenvalue weighted by atomic mass is 35.5. The van der Waals surface area contributed by atoms with Crippen molar-refractivity contribution in [2.24, 2.45) is 0 Å². The van der Waals surface area contributed by atoms with Crippen LogP contribution < -0.4 is 0 Å². The summed E-state index contributed by atoms with van der Waals surface area (Å²) in [5, 5.41) is 14.5. The summed E-state index contributed by atoms with van der Waals surface area (Å²) in [6.45, 7) is 6.40. The molecule has 0 aliphatic rings. The molecule has 1 heterocycles. The average molecular weight is 344 g/mol. The second kappa shape index (κ2) is 6.66. The van der Waals surface area contributed by atoms with Gasteiger partial charge in [-0.15, -0.1) is 11.3 Å². The highest BCUT2D eigenvalue weighted by Crippen LogP contribution is 2.26. The molecule has 0 bridgehead atoms. The molecule has 5 heteroatoms. The number of aliphatic hydroxyl groups is 1. The van der Waals surface area contributed by atoms with Gasteiger partial charge in [0.1, 0.15) is 0 Å². The molecule has 1 atom stereocenters. The molecule has 0 aliphatic heterocycles. The van der Waals surface area contributed by atoms with E-state index in [1.807, 2.05) is 6.07 Å². The fourth-order valence-electron chi connectivity index (χ4n) is 1.96. The molecule has 0 saturated carbocycles. The summed E-state index contributed by atoms with van der Waals surface area (Å²) >= 11 is 13.6.